The lowest BCUT2D eigenvalue weighted by atomic mass is 10.1. The van der Waals surface area contributed by atoms with Gasteiger partial charge in [-0.15, -0.1) is 0 Å². The fraction of sp³-hybridized carbons (Fsp3) is 0.368. The molecule has 0 radical (unpaired) electrons. The lowest BCUT2D eigenvalue weighted by Crippen LogP contribution is -2.38. The van der Waals surface area contributed by atoms with Gasteiger partial charge < -0.3 is 10.1 Å². The van der Waals surface area contributed by atoms with Crippen molar-refractivity contribution in [2.24, 2.45) is 5.92 Å². The number of nitrogens with one attached hydrogen (secondary N) is 2. The van der Waals surface area contributed by atoms with Gasteiger partial charge >= 0.3 is 0 Å². The van der Waals surface area contributed by atoms with Gasteiger partial charge in [-0.1, -0.05) is 50.2 Å². The first-order valence-electron chi connectivity index (χ1n) is 8.51. The van der Waals surface area contributed by atoms with Crippen LogP contribution in [0.5, 0.6) is 5.75 Å². The van der Waals surface area contributed by atoms with Crippen molar-refractivity contribution >= 4 is 15.7 Å². The van der Waals surface area contributed by atoms with E-state index in [1.807, 2.05) is 36.4 Å². The zero-order valence-electron chi connectivity index (χ0n) is 14.5. The van der Waals surface area contributed by atoms with Crippen LogP contribution in [0, 0.1) is 5.92 Å². The molecule has 0 amide bonds. The van der Waals surface area contributed by atoms with Crippen molar-refractivity contribution in [1.29, 1.82) is 0 Å². The van der Waals surface area contributed by atoms with Crippen LogP contribution < -0.4 is 14.8 Å². The zero-order valence-corrected chi connectivity index (χ0v) is 15.3. The maximum Gasteiger partial charge on any atom is 0.246 e. The molecule has 0 aliphatic carbocycles. The largest absolute Gasteiger partial charge is 0.490 e. The van der Waals surface area contributed by atoms with Crippen LogP contribution in [-0.4, -0.2) is 27.6 Å². The molecule has 0 saturated heterocycles. The second-order valence-electron chi connectivity index (χ2n) is 6.73. The Balaban J connectivity index is 1.87. The van der Waals surface area contributed by atoms with E-state index in [2.05, 4.69) is 23.9 Å². The Morgan fingerprint density at radius 1 is 1.16 bits per heavy atom. The van der Waals surface area contributed by atoms with E-state index in [0.29, 0.717) is 36.9 Å². The Bertz CT molecular complexity index is 820. The van der Waals surface area contributed by atoms with Crippen molar-refractivity contribution in [3.8, 4) is 5.75 Å². The SMILES string of the molecule is CC(C)CNc1cccc2c1S(=O)(=O)N[C@@H](Cc1ccccc1)CO2. The van der Waals surface area contributed by atoms with E-state index in [1.165, 1.54) is 0 Å². The molecule has 0 spiro atoms. The molecule has 0 aromatic heterocycles. The number of rotatable bonds is 5. The summed E-state index contributed by atoms with van der Waals surface area (Å²) in [5.74, 6) is 0.806. The first-order chi connectivity index (χ1) is 12.0. The second kappa shape index (κ2) is 7.45. The number of anilines is 1. The monoisotopic (exact) mass is 360 g/mol. The first-order valence-corrected chi connectivity index (χ1v) is 10.00. The van der Waals surface area contributed by atoms with Gasteiger partial charge in [-0.3, -0.25) is 0 Å². The standard InChI is InChI=1S/C19H24N2O3S/c1-14(2)12-20-17-9-6-10-18-19(17)25(22,23)21-16(13-24-18)11-15-7-4-3-5-8-15/h3-10,14,16,20-21H,11-13H2,1-2H3/t16-/m0/s1. The summed E-state index contributed by atoms with van der Waals surface area (Å²) < 4.78 is 34.5. The van der Waals surface area contributed by atoms with Crippen LogP contribution in [0.2, 0.25) is 0 Å². The number of hydrogen-bond acceptors (Lipinski definition) is 4. The minimum atomic E-state index is -3.66. The molecule has 0 bridgehead atoms. The van der Waals surface area contributed by atoms with Gasteiger partial charge in [0.2, 0.25) is 10.0 Å². The van der Waals surface area contributed by atoms with Gasteiger partial charge in [0.1, 0.15) is 17.3 Å². The third-order valence-electron chi connectivity index (χ3n) is 4.04. The normalized spacial score (nSPS) is 18.9. The molecular weight excluding hydrogens is 336 g/mol. The number of ether oxygens (including phenoxy) is 1. The lowest BCUT2D eigenvalue weighted by molar-refractivity contribution is 0.279. The molecule has 2 N–H and O–H groups in total. The van der Waals surface area contributed by atoms with E-state index in [0.717, 1.165) is 5.56 Å². The number of sulfonamides is 1. The summed E-state index contributed by atoms with van der Waals surface area (Å²) in [4.78, 5) is 0.200. The van der Waals surface area contributed by atoms with E-state index in [9.17, 15) is 8.42 Å². The Morgan fingerprint density at radius 3 is 2.64 bits per heavy atom. The van der Waals surface area contributed by atoms with Gasteiger partial charge in [0, 0.05) is 6.54 Å². The fourth-order valence-electron chi connectivity index (χ4n) is 2.86. The third-order valence-corrected chi connectivity index (χ3v) is 5.64. The highest BCUT2D eigenvalue weighted by molar-refractivity contribution is 7.89. The molecule has 5 nitrogen and oxygen atoms in total. The lowest BCUT2D eigenvalue weighted by Gasteiger charge is -2.16. The fourth-order valence-corrected chi connectivity index (χ4v) is 4.39. The topological polar surface area (TPSA) is 67.4 Å². The molecule has 1 aliphatic heterocycles. The summed E-state index contributed by atoms with van der Waals surface area (Å²) >= 11 is 0. The molecule has 6 heteroatoms. The highest BCUT2D eigenvalue weighted by Gasteiger charge is 2.30. The van der Waals surface area contributed by atoms with E-state index < -0.39 is 10.0 Å². The number of fused-ring (bicyclic) bond motifs is 1. The minimum Gasteiger partial charge on any atom is -0.490 e. The maximum absolute atomic E-state index is 12.9. The molecular formula is C19H24N2O3S. The van der Waals surface area contributed by atoms with Crippen molar-refractivity contribution in [1.82, 2.24) is 4.72 Å². The Labute approximate surface area is 149 Å². The maximum atomic E-state index is 12.9. The first kappa shape index (κ1) is 17.8. The van der Waals surface area contributed by atoms with Gasteiger partial charge in [0.15, 0.2) is 0 Å². The van der Waals surface area contributed by atoms with Crippen molar-refractivity contribution in [2.75, 3.05) is 18.5 Å². The van der Waals surface area contributed by atoms with Gasteiger partial charge in [0.05, 0.1) is 11.7 Å². The minimum absolute atomic E-state index is 0.200. The van der Waals surface area contributed by atoms with E-state index in [1.54, 1.807) is 12.1 Å². The molecule has 1 heterocycles. The Kier molecular flexibility index (Phi) is 5.30. The van der Waals surface area contributed by atoms with Crippen LogP contribution in [0.15, 0.2) is 53.4 Å². The second-order valence-corrected chi connectivity index (χ2v) is 8.38. The van der Waals surface area contributed by atoms with Gasteiger partial charge in [0.25, 0.3) is 0 Å². The third kappa shape index (κ3) is 4.32. The summed E-state index contributed by atoms with van der Waals surface area (Å²) in [6, 6.07) is 14.8. The van der Waals surface area contributed by atoms with Crippen LogP contribution in [0.25, 0.3) is 0 Å². The quantitative estimate of drug-likeness (QED) is 0.860. The van der Waals surface area contributed by atoms with Crippen LogP contribution >= 0.6 is 0 Å². The molecule has 2 aromatic rings. The number of hydrogen-bond donors (Lipinski definition) is 2. The van der Waals surface area contributed by atoms with Gasteiger partial charge in [-0.2, -0.15) is 0 Å². The highest BCUT2D eigenvalue weighted by Crippen LogP contribution is 2.33. The molecule has 3 rings (SSSR count). The summed E-state index contributed by atoms with van der Waals surface area (Å²) in [5.41, 5.74) is 1.65. The van der Waals surface area contributed by atoms with E-state index >= 15 is 0 Å². The summed E-state index contributed by atoms with van der Waals surface area (Å²) in [6.07, 6.45) is 0.586. The molecule has 25 heavy (non-hydrogen) atoms. The molecule has 134 valence electrons. The van der Waals surface area contributed by atoms with Crippen molar-refractivity contribution < 1.29 is 13.2 Å². The van der Waals surface area contributed by atoms with Crippen LogP contribution in [0.1, 0.15) is 19.4 Å². The predicted octanol–water partition coefficient (Wildman–Crippen LogP) is 3.04. The average Bonchev–Trinajstić information content (AvgIpc) is 2.70. The average molecular weight is 360 g/mol. The Hall–Kier alpha value is -2.05. The van der Waals surface area contributed by atoms with E-state index in [4.69, 9.17) is 4.74 Å². The summed E-state index contributed by atoms with van der Waals surface area (Å²) in [7, 11) is -3.66. The molecule has 2 aromatic carbocycles. The van der Waals surface area contributed by atoms with E-state index in [-0.39, 0.29) is 10.9 Å². The van der Waals surface area contributed by atoms with Gasteiger partial charge in [-0.05, 0) is 30.0 Å². The predicted molar refractivity (Wildman–Crippen MR) is 99.5 cm³/mol. The van der Waals surface area contributed by atoms with Crippen LogP contribution in [0.3, 0.4) is 0 Å². The van der Waals surface area contributed by atoms with Crippen molar-refractivity contribution in [3.63, 3.8) is 0 Å². The summed E-state index contributed by atoms with van der Waals surface area (Å²) in [6.45, 7) is 5.15. The van der Waals surface area contributed by atoms with Crippen molar-refractivity contribution in [2.45, 2.75) is 31.2 Å². The zero-order chi connectivity index (χ0) is 17.9. The smallest absolute Gasteiger partial charge is 0.246 e. The molecule has 0 fully saturated rings. The number of benzene rings is 2. The highest BCUT2D eigenvalue weighted by atomic mass is 32.2. The Morgan fingerprint density at radius 2 is 1.92 bits per heavy atom. The molecule has 0 saturated carbocycles. The van der Waals surface area contributed by atoms with Crippen molar-refractivity contribution in [3.05, 3.63) is 54.1 Å². The molecule has 0 unspecified atom stereocenters. The molecule has 1 aliphatic rings. The van der Waals surface area contributed by atoms with Gasteiger partial charge in [-0.25, -0.2) is 13.1 Å². The molecule has 1 atom stereocenters. The summed E-state index contributed by atoms with van der Waals surface area (Å²) in [5, 5.41) is 3.22. The van der Waals surface area contributed by atoms with Crippen LogP contribution in [-0.2, 0) is 16.4 Å². The van der Waals surface area contributed by atoms with Crippen LogP contribution in [0.4, 0.5) is 5.69 Å².